The predicted octanol–water partition coefficient (Wildman–Crippen LogP) is 2.92. The van der Waals surface area contributed by atoms with Gasteiger partial charge in [0.2, 0.25) is 0 Å². The Morgan fingerprint density at radius 2 is 2.00 bits per heavy atom. The highest BCUT2D eigenvalue weighted by atomic mass is 32.2. The first-order valence-corrected chi connectivity index (χ1v) is 8.69. The Balaban J connectivity index is 1.69. The molecule has 1 aromatic carbocycles. The molecule has 2 aliphatic rings. The summed E-state index contributed by atoms with van der Waals surface area (Å²) in [5, 5.41) is 3.72. The molecular formula is C16H24N2S. The third-order valence-electron chi connectivity index (χ3n) is 4.06. The van der Waals surface area contributed by atoms with Crippen molar-refractivity contribution >= 4 is 11.8 Å². The predicted molar refractivity (Wildman–Crippen MR) is 83.7 cm³/mol. The number of hydrogen-bond acceptors (Lipinski definition) is 3. The SMILES string of the molecule is c1ccc(C(CNC2CC2)N2CCCSCC2)cc1. The van der Waals surface area contributed by atoms with Crippen LogP contribution in [0.25, 0.3) is 0 Å². The molecule has 0 aromatic heterocycles. The van der Waals surface area contributed by atoms with Crippen molar-refractivity contribution in [2.45, 2.75) is 31.3 Å². The van der Waals surface area contributed by atoms with Gasteiger partial charge in [-0.3, -0.25) is 4.90 Å². The van der Waals surface area contributed by atoms with Crippen LogP contribution in [-0.2, 0) is 0 Å². The fourth-order valence-corrected chi connectivity index (χ4v) is 3.68. The maximum atomic E-state index is 3.72. The lowest BCUT2D eigenvalue weighted by Gasteiger charge is -2.31. The van der Waals surface area contributed by atoms with Gasteiger partial charge in [0.25, 0.3) is 0 Å². The molecule has 1 atom stereocenters. The van der Waals surface area contributed by atoms with E-state index in [1.165, 1.54) is 49.4 Å². The summed E-state index contributed by atoms with van der Waals surface area (Å²) < 4.78 is 0. The van der Waals surface area contributed by atoms with Crippen LogP contribution < -0.4 is 5.32 Å². The van der Waals surface area contributed by atoms with Gasteiger partial charge in [0, 0.05) is 30.9 Å². The highest BCUT2D eigenvalue weighted by Crippen LogP contribution is 2.25. The first kappa shape index (κ1) is 13.5. The van der Waals surface area contributed by atoms with E-state index in [4.69, 9.17) is 0 Å². The lowest BCUT2D eigenvalue weighted by atomic mass is 10.0. The summed E-state index contributed by atoms with van der Waals surface area (Å²) in [6.07, 6.45) is 4.08. The molecule has 1 saturated heterocycles. The Bertz CT molecular complexity index is 370. The zero-order valence-electron chi connectivity index (χ0n) is 11.6. The summed E-state index contributed by atoms with van der Waals surface area (Å²) in [6, 6.07) is 12.4. The van der Waals surface area contributed by atoms with E-state index in [2.05, 4.69) is 52.3 Å². The summed E-state index contributed by atoms with van der Waals surface area (Å²) in [5.41, 5.74) is 1.47. The zero-order chi connectivity index (χ0) is 12.9. The van der Waals surface area contributed by atoms with Crippen LogP contribution in [0.1, 0.15) is 30.9 Å². The summed E-state index contributed by atoms with van der Waals surface area (Å²) in [5.74, 6) is 2.61. The first-order valence-electron chi connectivity index (χ1n) is 7.53. The molecule has 19 heavy (non-hydrogen) atoms. The average molecular weight is 276 g/mol. The minimum Gasteiger partial charge on any atom is -0.312 e. The maximum absolute atomic E-state index is 3.72. The second-order valence-corrected chi connectivity index (χ2v) is 6.84. The zero-order valence-corrected chi connectivity index (χ0v) is 12.4. The van der Waals surface area contributed by atoms with Crippen molar-refractivity contribution in [3.05, 3.63) is 35.9 Å². The van der Waals surface area contributed by atoms with Crippen molar-refractivity contribution in [2.24, 2.45) is 0 Å². The van der Waals surface area contributed by atoms with Gasteiger partial charge in [-0.15, -0.1) is 0 Å². The molecule has 1 heterocycles. The van der Waals surface area contributed by atoms with Gasteiger partial charge in [-0.2, -0.15) is 11.8 Å². The van der Waals surface area contributed by atoms with E-state index in [1.807, 2.05) is 0 Å². The van der Waals surface area contributed by atoms with Crippen molar-refractivity contribution in [3.8, 4) is 0 Å². The Morgan fingerprint density at radius 1 is 1.16 bits per heavy atom. The van der Waals surface area contributed by atoms with Crippen LogP contribution in [0.5, 0.6) is 0 Å². The van der Waals surface area contributed by atoms with Crippen LogP contribution in [0.4, 0.5) is 0 Å². The molecule has 1 saturated carbocycles. The van der Waals surface area contributed by atoms with Crippen LogP contribution in [0, 0.1) is 0 Å². The Kier molecular flexibility index (Phi) is 4.81. The fraction of sp³-hybridized carbons (Fsp3) is 0.625. The summed E-state index contributed by atoms with van der Waals surface area (Å²) in [4.78, 5) is 2.69. The number of rotatable bonds is 5. The molecule has 1 aliphatic carbocycles. The molecule has 1 N–H and O–H groups in total. The molecule has 0 amide bonds. The normalized spacial score (nSPS) is 22.9. The number of hydrogen-bond donors (Lipinski definition) is 1. The highest BCUT2D eigenvalue weighted by Gasteiger charge is 2.25. The average Bonchev–Trinajstić information content (AvgIpc) is 3.27. The van der Waals surface area contributed by atoms with Crippen molar-refractivity contribution in [2.75, 3.05) is 31.1 Å². The van der Waals surface area contributed by atoms with E-state index in [0.29, 0.717) is 6.04 Å². The second kappa shape index (κ2) is 6.78. The minimum absolute atomic E-state index is 0.556. The summed E-state index contributed by atoms with van der Waals surface area (Å²) in [7, 11) is 0. The van der Waals surface area contributed by atoms with Gasteiger partial charge >= 0.3 is 0 Å². The van der Waals surface area contributed by atoms with Gasteiger partial charge in [0.1, 0.15) is 0 Å². The summed E-state index contributed by atoms with van der Waals surface area (Å²) in [6.45, 7) is 3.59. The topological polar surface area (TPSA) is 15.3 Å². The van der Waals surface area contributed by atoms with E-state index in [0.717, 1.165) is 12.6 Å². The third-order valence-corrected chi connectivity index (χ3v) is 5.11. The van der Waals surface area contributed by atoms with Gasteiger partial charge in [0.15, 0.2) is 0 Å². The van der Waals surface area contributed by atoms with Crippen LogP contribution in [0.15, 0.2) is 30.3 Å². The van der Waals surface area contributed by atoms with Crippen LogP contribution >= 0.6 is 11.8 Å². The Hall–Kier alpha value is -0.510. The fourth-order valence-electron chi connectivity index (χ4n) is 2.78. The van der Waals surface area contributed by atoms with Gasteiger partial charge in [-0.05, 0) is 37.1 Å². The molecule has 0 bridgehead atoms. The molecule has 1 aliphatic heterocycles. The van der Waals surface area contributed by atoms with E-state index >= 15 is 0 Å². The molecule has 0 radical (unpaired) electrons. The van der Waals surface area contributed by atoms with Crippen LogP contribution in [-0.4, -0.2) is 42.1 Å². The van der Waals surface area contributed by atoms with Crippen molar-refractivity contribution in [3.63, 3.8) is 0 Å². The van der Waals surface area contributed by atoms with Crippen LogP contribution in [0.3, 0.4) is 0 Å². The molecule has 1 unspecified atom stereocenters. The Morgan fingerprint density at radius 3 is 2.79 bits per heavy atom. The largest absolute Gasteiger partial charge is 0.312 e. The van der Waals surface area contributed by atoms with Gasteiger partial charge in [0.05, 0.1) is 0 Å². The number of nitrogens with one attached hydrogen (secondary N) is 1. The third kappa shape index (κ3) is 3.98. The molecule has 3 heteroatoms. The van der Waals surface area contributed by atoms with E-state index in [9.17, 15) is 0 Å². The lowest BCUT2D eigenvalue weighted by Crippen LogP contribution is -2.38. The van der Waals surface area contributed by atoms with Gasteiger partial charge in [-0.1, -0.05) is 30.3 Å². The van der Waals surface area contributed by atoms with Crippen molar-refractivity contribution < 1.29 is 0 Å². The van der Waals surface area contributed by atoms with E-state index < -0.39 is 0 Å². The summed E-state index contributed by atoms with van der Waals surface area (Å²) >= 11 is 2.11. The van der Waals surface area contributed by atoms with E-state index in [-0.39, 0.29) is 0 Å². The quantitative estimate of drug-likeness (QED) is 0.890. The minimum atomic E-state index is 0.556. The van der Waals surface area contributed by atoms with E-state index in [1.54, 1.807) is 0 Å². The molecule has 2 fully saturated rings. The van der Waals surface area contributed by atoms with Crippen molar-refractivity contribution in [1.82, 2.24) is 10.2 Å². The molecule has 3 rings (SSSR count). The second-order valence-electron chi connectivity index (χ2n) is 5.61. The Labute approximate surface area is 121 Å². The van der Waals surface area contributed by atoms with Gasteiger partial charge in [-0.25, -0.2) is 0 Å². The number of nitrogens with zero attached hydrogens (tertiary/aromatic N) is 1. The van der Waals surface area contributed by atoms with Crippen LogP contribution in [0.2, 0.25) is 0 Å². The monoisotopic (exact) mass is 276 g/mol. The van der Waals surface area contributed by atoms with Crippen molar-refractivity contribution in [1.29, 1.82) is 0 Å². The smallest absolute Gasteiger partial charge is 0.0473 e. The highest BCUT2D eigenvalue weighted by molar-refractivity contribution is 7.99. The number of thioether (sulfide) groups is 1. The molecule has 104 valence electrons. The first-order chi connectivity index (χ1) is 9.43. The standard InChI is InChI=1S/C16H24N2S/c1-2-5-14(6-3-1)16(13-17-15-7-8-15)18-9-4-11-19-12-10-18/h1-3,5-6,15-17H,4,7-13H2. The molecule has 1 aromatic rings. The number of benzene rings is 1. The molecular weight excluding hydrogens is 252 g/mol. The molecule has 2 nitrogen and oxygen atoms in total. The molecule has 0 spiro atoms. The van der Waals surface area contributed by atoms with Gasteiger partial charge < -0.3 is 5.32 Å². The maximum Gasteiger partial charge on any atom is 0.0473 e. The lowest BCUT2D eigenvalue weighted by molar-refractivity contribution is 0.207.